The van der Waals surface area contributed by atoms with Crippen LogP contribution in [0.2, 0.25) is 0 Å². The molecule has 5 nitrogen and oxygen atoms in total. The van der Waals surface area contributed by atoms with E-state index in [4.69, 9.17) is 14.6 Å². The largest absolute Gasteiger partial charge is 0.497 e. The molecule has 2 rings (SSSR count). The SMILES string of the molecule is COc1cc(OC)cc(N2CCC(CC(C)C(=O)O)C2)c1. The monoisotopic (exact) mass is 293 g/mol. The van der Waals surface area contributed by atoms with Gasteiger partial charge in [-0.15, -0.1) is 0 Å². The van der Waals surface area contributed by atoms with Gasteiger partial charge < -0.3 is 19.5 Å². The molecule has 0 aromatic heterocycles. The number of hydrogen-bond acceptors (Lipinski definition) is 4. The summed E-state index contributed by atoms with van der Waals surface area (Å²) in [5, 5.41) is 9.02. The summed E-state index contributed by atoms with van der Waals surface area (Å²) in [7, 11) is 3.28. The molecule has 1 saturated heterocycles. The number of carboxylic acids is 1. The summed E-state index contributed by atoms with van der Waals surface area (Å²) in [6.45, 7) is 3.60. The first-order valence-corrected chi connectivity index (χ1v) is 7.24. The summed E-state index contributed by atoms with van der Waals surface area (Å²) in [6, 6.07) is 5.83. The molecule has 2 unspecified atom stereocenters. The van der Waals surface area contributed by atoms with E-state index < -0.39 is 5.97 Å². The minimum Gasteiger partial charge on any atom is -0.497 e. The molecule has 0 saturated carbocycles. The minimum absolute atomic E-state index is 0.283. The van der Waals surface area contributed by atoms with Crippen LogP contribution in [0.3, 0.4) is 0 Å². The van der Waals surface area contributed by atoms with Crippen molar-refractivity contribution in [2.75, 3.05) is 32.2 Å². The summed E-state index contributed by atoms with van der Waals surface area (Å²) in [6.07, 6.45) is 1.75. The fraction of sp³-hybridized carbons (Fsp3) is 0.562. The molecule has 0 aliphatic carbocycles. The highest BCUT2D eigenvalue weighted by atomic mass is 16.5. The van der Waals surface area contributed by atoms with Gasteiger partial charge in [-0.2, -0.15) is 0 Å². The highest BCUT2D eigenvalue weighted by molar-refractivity contribution is 5.69. The lowest BCUT2D eigenvalue weighted by molar-refractivity contribution is -0.141. The van der Waals surface area contributed by atoms with Gasteiger partial charge in [0.05, 0.1) is 20.1 Å². The van der Waals surface area contributed by atoms with E-state index in [2.05, 4.69) is 4.90 Å². The number of carbonyl (C=O) groups is 1. The van der Waals surface area contributed by atoms with Crippen molar-refractivity contribution in [2.24, 2.45) is 11.8 Å². The van der Waals surface area contributed by atoms with Gasteiger partial charge in [-0.3, -0.25) is 4.79 Å². The zero-order valence-corrected chi connectivity index (χ0v) is 12.8. The van der Waals surface area contributed by atoms with E-state index >= 15 is 0 Å². The Kier molecular flexibility index (Phi) is 4.94. The lowest BCUT2D eigenvalue weighted by Gasteiger charge is -2.21. The molecule has 1 aliphatic heterocycles. The average Bonchev–Trinajstić information content (AvgIpc) is 2.95. The molecule has 1 N–H and O–H groups in total. The lowest BCUT2D eigenvalue weighted by Crippen LogP contribution is -2.21. The second-order valence-corrected chi connectivity index (χ2v) is 5.65. The van der Waals surface area contributed by atoms with Crippen molar-refractivity contribution in [3.05, 3.63) is 18.2 Å². The van der Waals surface area contributed by atoms with Gasteiger partial charge in [-0.05, 0) is 18.8 Å². The van der Waals surface area contributed by atoms with E-state index in [1.54, 1.807) is 21.1 Å². The third-order valence-corrected chi connectivity index (χ3v) is 4.10. The molecule has 1 aromatic carbocycles. The van der Waals surface area contributed by atoms with E-state index in [1.807, 2.05) is 18.2 Å². The first-order chi connectivity index (χ1) is 10.0. The molecule has 0 amide bonds. The van der Waals surface area contributed by atoms with Gasteiger partial charge in [0.15, 0.2) is 0 Å². The Morgan fingerprint density at radius 3 is 2.48 bits per heavy atom. The van der Waals surface area contributed by atoms with Crippen molar-refractivity contribution in [3.63, 3.8) is 0 Å². The van der Waals surface area contributed by atoms with E-state index in [0.29, 0.717) is 5.92 Å². The number of methoxy groups -OCH3 is 2. The number of carboxylic acid groups (broad SMARTS) is 1. The van der Waals surface area contributed by atoms with Gasteiger partial charge >= 0.3 is 5.97 Å². The molecular weight excluding hydrogens is 270 g/mol. The van der Waals surface area contributed by atoms with Crippen LogP contribution in [0.1, 0.15) is 19.8 Å². The maximum absolute atomic E-state index is 11.0. The van der Waals surface area contributed by atoms with E-state index in [9.17, 15) is 4.79 Å². The van der Waals surface area contributed by atoms with Crippen molar-refractivity contribution in [1.29, 1.82) is 0 Å². The summed E-state index contributed by atoms with van der Waals surface area (Å²) in [5.41, 5.74) is 1.07. The number of rotatable bonds is 6. The van der Waals surface area contributed by atoms with Crippen molar-refractivity contribution in [2.45, 2.75) is 19.8 Å². The normalized spacial score (nSPS) is 19.4. The molecule has 5 heteroatoms. The molecule has 1 fully saturated rings. The van der Waals surface area contributed by atoms with Crippen LogP contribution in [0.15, 0.2) is 18.2 Å². The van der Waals surface area contributed by atoms with Crippen LogP contribution in [0.25, 0.3) is 0 Å². The number of anilines is 1. The third kappa shape index (κ3) is 3.80. The van der Waals surface area contributed by atoms with E-state index in [1.165, 1.54) is 0 Å². The van der Waals surface area contributed by atoms with Crippen LogP contribution in [0.4, 0.5) is 5.69 Å². The molecule has 1 heterocycles. The van der Waals surface area contributed by atoms with Crippen molar-refractivity contribution in [3.8, 4) is 11.5 Å². The van der Waals surface area contributed by atoms with Gasteiger partial charge in [0.2, 0.25) is 0 Å². The molecular formula is C16H23NO4. The number of nitrogens with zero attached hydrogens (tertiary/aromatic N) is 1. The van der Waals surface area contributed by atoms with Gasteiger partial charge in [-0.25, -0.2) is 0 Å². The molecule has 0 spiro atoms. The van der Waals surface area contributed by atoms with Crippen molar-refractivity contribution >= 4 is 11.7 Å². The summed E-state index contributed by atoms with van der Waals surface area (Å²) >= 11 is 0. The Labute approximate surface area is 125 Å². The van der Waals surface area contributed by atoms with Gasteiger partial charge in [0.1, 0.15) is 11.5 Å². The highest BCUT2D eigenvalue weighted by Crippen LogP contribution is 2.33. The fourth-order valence-electron chi connectivity index (χ4n) is 2.84. The zero-order chi connectivity index (χ0) is 15.4. The second-order valence-electron chi connectivity index (χ2n) is 5.65. The van der Waals surface area contributed by atoms with Crippen LogP contribution in [0, 0.1) is 11.8 Å². The predicted octanol–water partition coefficient (Wildman–Crippen LogP) is 2.64. The third-order valence-electron chi connectivity index (χ3n) is 4.10. The lowest BCUT2D eigenvalue weighted by atomic mass is 9.95. The maximum Gasteiger partial charge on any atom is 0.306 e. The average molecular weight is 293 g/mol. The Hall–Kier alpha value is -1.91. The molecule has 116 valence electrons. The topological polar surface area (TPSA) is 59.0 Å². The standard InChI is InChI=1S/C16H23NO4/c1-11(16(18)19)6-12-4-5-17(10-12)13-7-14(20-2)9-15(8-13)21-3/h7-9,11-12H,4-6,10H2,1-3H3,(H,18,19). The van der Waals surface area contributed by atoms with Gasteiger partial charge in [0.25, 0.3) is 0 Å². The van der Waals surface area contributed by atoms with E-state index in [0.717, 1.165) is 43.1 Å². The number of benzene rings is 1. The first-order valence-electron chi connectivity index (χ1n) is 7.24. The second kappa shape index (κ2) is 6.70. The van der Waals surface area contributed by atoms with Crippen LogP contribution >= 0.6 is 0 Å². The first kappa shape index (κ1) is 15.5. The summed E-state index contributed by atoms with van der Waals surface area (Å²) < 4.78 is 10.6. The van der Waals surface area contributed by atoms with Crippen LogP contribution < -0.4 is 14.4 Å². The molecule has 0 radical (unpaired) electrons. The quantitative estimate of drug-likeness (QED) is 0.873. The van der Waals surface area contributed by atoms with Crippen LogP contribution in [-0.2, 0) is 4.79 Å². The maximum atomic E-state index is 11.0. The Bertz CT molecular complexity index is 481. The molecule has 21 heavy (non-hydrogen) atoms. The Morgan fingerprint density at radius 1 is 1.33 bits per heavy atom. The van der Waals surface area contributed by atoms with Crippen LogP contribution in [0.5, 0.6) is 11.5 Å². The molecule has 1 aliphatic rings. The molecule has 1 aromatic rings. The van der Waals surface area contributed by atoms with Gasteiger partial charge in [-0.1, -0.05) is 6.92 Å². The van der Waals surface area contributed by atoms with E-state index in [-0.39, 0.29) is 5.92 Å². The van der Waals surface area contributed by atoms with Crippen molar-refractivity contribution in [1.82, 2.24) is 0 Å². The van der Waals surface area contributed by atoms with Crippen LogP contribution in [-0.4, -0.2) is 38.4 Å². The van der Waals surface area contributed by atoms with Crippen molar-refractivity contribution < 1.29 is 19.4 Å². The number of ether oxygens (including phenoxy) is 2. The molecule has 2 atom stereocenters. The van der Waals surface area contributed by atoms with Gasteiger partial charge in [0, 0.05) is 37.0 Å². The highest BCUT2D eigenvalue weighted by Gasteiger charge is 2.26. The predicted molar refractivity (Wildman–Crippen MR) is 81.3 cm³/mol. The summed E-state index contributed by atoms with van der Waals surface area (Å²) in [5.74, 6) is 0.970. The fourth-order valence-corrected chi connectivity index (χ4v) is 2.84. The Balaban J connectivity index is 2.05. The molecule has 0 bridgehead atoms. The minimum atomic E-state index is -0.712. The number of aliphatic carboxylic acids is 1. The number of hydrogen-bond donors (Lipinski definition) is 1. The summed E-state index contributed by atoms with van der Waals surface area (Å²) in [4.78, 5) is 13.2. The smallest absolute Gasteiger partial charge is 0.306 e. The Morgan fingerprint density at radius 2 is 1.95 bits per heavy atom. The zero-order valence-electron chi connectivity index (χ0n) is 12.8.